The molecule has 1 aromatic carbocycles. The van der Waals surface area contributed by atoms with Gasteiger partial charge in [-0.25, -0.2) is 9.48 Å². The van der Waals surface area contributed by atoms with Crippen LogP contribution >= 0.6 is 0 Å². The Morgan fingerprint density at radius 3 is 2.68 bits per heavy atom. The van der Waals surface area contributed by atoms with Gasteiger partial charge in [0.25, 0.3) is 0 Å². The zero-order valence-electron chi connectivity index (χ0n) is 13.2. The first-order chi connectivity index (χ1) is 11.9. The van der Waals surface area contributed by atoms with E-state index in [1.165, 1.54) is 11.6 Å². The third-order valence-electron chi connectivity index (χ3n) is 4.11. The van der Waals surface area contributed by atoms with Gasteiger partial charge in [-0.15, -0.1) is 10.2 Å². The molecule has 0 saturated carbocycles. The number of benzene rings is 1. The Kier molecular flexibility index (Phi) is 4.36. The Labute approximate surface area is 141 Å². The summed E-state index contributed by atoms with van der Waals surface area (Å²) in [6, 6.07) is 5.40. The van der Waals surface area contributed by atoms with E-state index in [4.69, 9.17) is 15.6 Å². The molecule has 132 valence electrons. The van der Waals surface area contributed by atoms with Crippen LogP contribution in [0.2, 0.25) is 0 Å². The van der Waals surface area contributed by atoms with Crippen LogP contribution in [0.4, 0.5) is 9.28 Å². The van der Waals surface area contributed by atoms with Crippen molar-refractivity contribution in [2.75, 3.05) is 0 Å². The zero-order valence-corrected chi connectivity index (χ0v) is 13.2. The molecule has 1 fully saturated rings. The lowest BCUT2D eigenvalue weighted by atomic mass is 9.92. The van der Waals surface area contributed by atoms with Crippen LogP contribution in [0.3, 0.4) is 0 Å². The molecule has 2 amide bonds. The number of hydrogen-bond donors (Lipinski definition) is 2. The standard InChI is InChI=1S/C15H16FN5O4/c1-8(14(17)23)13-12(21(16)15(24)25-13)9-2-4-11(5-3-9)20-6-10(7-22)18-19-20/h2-6,8,12-13,22H,7H2,1H3,(H2,17,23). The zero-order chi connectivity index (χ0) is 18.1. The number of aromatic nitrogens is 3. The van der Waals surface area contributed by atoms with Gasteiger partial charge in [-0.2, -0.15) is 0 Å². The number of ether oxygens (including phenoxy) is 1. The van der Waals surface area contributed by atoms with E-state index >= 15 is 0 Å². The predicted octanol–water partition coefficient (Wildman–Crippen LogP) is 0.627. The van der Waals surface area contributed by atoms with Crippen LogP contribution in [0.5, 0.6) is 0 Å². The average Bonchev–Trinajstić information content (AvgIpc) is 3.20. The Morgan fingerprint density at radius 1 is 1.44 bits per heavy atom. The fourth-order valence-electron chi connectivity index (χ4n) is 2.65. The van der Waals surface area contributed by atoms with Crippen LogP contribution < -0.4 is 5.73 Å². The van der Waals surface area contributed by atoms with E-state index in [1.54, 1.807) is 30.5 Å². The van der Waals surface area contributed by atoms with Gasteiger partial charge in [0, 0.05) is 0 Å². The highest BCUT2D eigenvalue weighted by molar-refractivity contribution is 5.79. The molecule has 1 aliphatic heterocycles. The van der Waals surface area contributed by atoms with Gasteiger partial charge < -0.3 is 15.6 Å². The van der Waals surface area contributed by atoms with Gasteiger partial charge in [0.1, 0.15) is 17.8 Å². The van der Waals surface area contributed by atoms with E-state index in [1.807, 2.05) is 0 Å². The lowest BCUT2D eigenvalue weighted by Crippen LogP contribution is -2.35. The minimum atomic E-state index is -1.16. The maximum Gasteiger partial charge on any atom is 0.439 e. The van der Waals surface area contributed by atoms with Crippen molar-refractivity contribution in [3.05, 3.63) is 41.7 Å². The molecule has 2 heterocycles. The molecule has 3 atom stereocenters. The summed E-state index contributed by atoms with van der Waals surface area (Å²) in [7, 11) is 0. The van der Waals surface area contributed by atoms with Gasteiger partial charge in [0.15, 0.2) is 0 Å². The molecule has 0 radical (unpaired) electrons. The molecule has 1 aliphatic rings. The van der Waals surface area contributed by atoms with Crippen LogP contribution in [0, 0.1) is 5.92 Å². The Bertz CT molecular complexity index is 793. The Hall–Kier alpha value is -3.01. The number of nitrogens with two attached hydrogens (primary N) is 1. The summed E-state index contributed by atoms with van der Waals surface area (Å²) in [5.41, 5.74) is 6.73. The molecular formula is C15H16FN5O4. The molecule has 0 spiro atoms. The summed E-state index contributed by atoms with van der Waals surface area (Å²) in [6.45, 7) is 1.25. The highest BCUT2D eigenvalue weighted by Gasteiger charge is 2.47. The van der Waals surface area contributed by atoms with Gasteiger partial charge in [-0.05, 0) is 24.6 Å². The number of nitrogens with zero attached hydrogens (tertiary/aromatic N) is 4. The van der Waals surface area contributed by atoms with Crippen molar-refractivity contribution < 1.29 is 23.9 Å². The second-order valence-electron chi connectivity index (χ2n) is 5.70. The number of aliphatic hydroxyl groups is 1. The van der Waals surface area contributed by atoms with Crippen molar-refractivity contribution in [3.8, 4) is 5.69 Å². The first-order valence-corrected chi connectivity index (χ1v) is 7.49. The molecular weight excluding hydrogens is 333 g/mol. The number of amides is 2. The summed E-state index contributed by atoms with van der Waals surface area (Å²) in [4.78, 5) is 22.9. The SMILES string of the molecule is CC(C(N)=O)C1OC(=O)N(F)C1c1ccc(-n2cc(CO)nn2)cc1. The maximum absolute atomic E-state index is 14.2. The van der Waals surface area contributed by atoms with E-state index < -0.39 is 30.1 Å². The Morgan fingerprint density at radius 2 is 2.12 bits per heavy atom. The van der Waals surface area contributed by atoms with Gasteiger partial charge in [-0.3, -0.25) is 4.79 Å². The van der Waals surface area contributed by atoms with Crippen LogP contribution in [0.1, 0.15) is 24.2 Å². The summed E-state index contributed by atoms with van der Waals surface area (Å²) in [6.07, 6.45) is -0.624. The van der Waals surface area contributed by atoms with Gasteiger partial charge in [0.05, 0.1) is 24.4 Å². The summed E-state index contributed by atoms with van der Waals surface area (Å²) >= 11 is 0. The van der Waals surface area contributed by atoms with Crippen LogP contribution in [0.15, 0.2) is 30.5 Å². The normalized spacial score (nSPS) is 21.2. The van der Waals surface area contributed by atoms with Gasteiger partial charge >= 0.3 is 6.09 Å². The molecule has 3 rings (SSSR count). The summed E-state index contributed by atoms with van der Waals surface area (Å²) in [5.74, 6) is -1.54. The smallest absolute Gasteiger partial charge is 0.439 e. The van der Waals surface area contributed by atoms with Crippen molar-refractivity contribution in [2.45, 2.75) is 25.7 Å². The van der Waals surface area contributed by atoms with Crippen molar-refractivity contribution in [1.82, 2.24) is 20.1 Å². The number of rotatable bonds is 5. The molecule has 1 saturated heterocycles. The van der Waals surface area contributed by atoms with Crippen LogP contribution in [-0.2, 0) is 16.1 Å². The lowest BCUT2D eigenvalue weighted by Gasteiger charge is -2.22. The molecule has 9 nitrogen and oxygen atoms in total. The molecule has 0 aliphatic carbocycles. The average molecular weight is 349 g/mol. The summed E-state index contributed by atoms with van der Waals surface area (Å²) < 4.78 is 20.6. The first kappa shape index (κ1) is 16.8. The van der Waals surface area contributed by atoms with E-state index in [-0.39, 0.29) is 11.7 Å². The van der Waals surface area contributed by atoms with Crippen molar-refractivity contribution in [2.24, 2.45) is 11.7 Å². The van der Waals surface area contributed by atoms with Gasteiger partial charge in [-0.1, -0.05) is 21.8 Å². The van der Waals surface area contributed by atoms with E-state index in [9.17, 15) is 14.1 Å². The van der Waals surface area contributed by atoms with E-state index in [0.717, 1.165) is 0 Å². The topological polar surface area (TPSA) is 124 Å². The van der Waals surface area contributed by atoms with Crippen LogP contribution in [0.25, 0.3) is 5.69 Å². The van der Waals surface area contributed by atoms with Crippen molar-refractivity contribution in [3.63, 3.8) is 0 Å². The predicted molar refractivity (Wildman–Crippen MR) is 81.6 cm³/mol. The second-order valence-corrected chi connectivity index (χ2v) is 5.70. The monoisotopic (exact) mass is 349 g/mol. The first-order valence-electron chi connectivity index (χ1n) is 7.49. The molecule has 2 aromatic rings. The van der Waals surface area contributed by atoms with Crippen molar-refractivity contribution >= 4 is 12.0 Å². The van der Waals surface area contributed by atoms with E-state index in [0.29, 0.717) is 16.9 Å². The fourth-order valence-corrected chi connectivity index (χ4v) is 2.65. The molecule has 0 bridgehead atoms. The number of halogens is 1. The number of hydrogen-bond acceptors (Lipinski definition) is 6. The largest absolute Gasteiger partial charge is 0.441 e. The number of carbonyl (C=O) groups excluding carboxylic acids is 2. The number of cyclic esters (lactones) is 1. The number of aliphatic hydroxyl groups excluding tert-OH is 1. The molecule has 1 aromatic heterocycles. The molecule has 25 heavy (non-hydrogen) atoms. The van der Waals surface area contributed by atoms with Crippen molar-refractivity contribution in [1.29, 1.82) is 0 Å². The maximum atomic E-state index is 14.2. The third-order valence-corrected chi connectivity index (χ3v) is 4.11. The Balaban J connectivity index is 1.89. The fraction of sp³-hybridized carbons (Fsp3) is 0.333. The highest BCUT2D eigenvalue weighted by atomic mass is 19.2. The quantitative estimate of drug-likeness (QED) is 0.763. The minimum Gasteiger partial charge on any atom is -0.441 e. The van der Waals surface area contributed by atoms with Gasteiger partial charge in [0.2, 0.25) is 5.91 Å². The highest BCUT2D eigenvalue weighted by Crippen LogP contribution is 2.37. The summed E-state index contributed by atoms with van der Waals surface area (Å²) in [5, 5.41) is 16.6. The number of carbonyl (C=O) groups is 2. The van der Waals surface area contributed by atoms with Crippen LogP contribution in [-0.4, -0.2) is 43.3 Å². The number of primary amides is 1. The lowest BCUT2D eigenvalue weighted by molar-refractivity contribution is -0.124. The minimum absolute atomic E-state index is 0.0432. The van der Waals surface area contributed by atoms with E-state index in [2.05, 4.69) is 10.3 Å². The third kappa shape index (κ3) is 3.03. The molecule has 3 unspecified atom stereocenters. The molecule has 3 N–H and O–H groups in total. The second kappa shape index (κ2) is 6.48. The molecule has 10 heteroatoms.